The fraction of sp³-hybridized carbons (Fsp3) is 0.150. The van der Waals surface area contributed by atoms with Gasteiger partial charge in [-0.05, 0) is 25.5 Å². The van der Waals surface area contributed by atoms with Crippen LogP contribution in [-0.4, -0.2) is 5.91 Å². The molecule has 0 unspecified atom stereocenters. The van der Waals surface area contributed by atoms with E-state index in [1.54, 1.807) is 6.07 Å². The summed E-state index contributed by atoms with van der Waals surface area (Å²) in [6, 6.07) is 21.4. The van der Waals surface area contributed by atoms with Crippen molar-refractivity contribution in [1.82, 2.24) is 5.32 Å². The van der Waals surface area contributed by atoms with Gasteiger partial charge in [0.2, 0.25) is 0 Å². The quantitative estimate of drug-likeness (QED) is 0.756. The van der Waals surface area contributed by atoms with Crippen molar-refractivity contribution in [2.75, 3.05) is 0 Å². The zero-order valence-electron chi connectivity index (χ0n) is 13.2. The summed E-state index contributed by atoms with van der Waals surface area (Å²) in [5.41, 5.74) is 2.61. The first-order valence-electron chi connectivity index (χ1n) is 7.67. The first kappa shape index (κ1) is 15.1. The van der Waals surface area contributed by atoms with Gasteiger partial charge in [0.1, 0.15) is 11.5 Å². The molecule has 23 heavy (non-hydrogen) atoms. The van der Waals surface area contributed by atoms with E-state index in [-0.39, 0.29) is 11.9 Å². The van der Waals surface area contributed by atoms with E-state index >= 15 is 0 Å². The Bertz CT molecular complexity index is 791. The summed E-state index contributed by atoms with van der Waals surface area (Å²) in [6.07, 6.45) is 0. The highest BCUT2D eigenvalue weighted by Gasteiger charge is 2.18. The SMILES string of the molecule is Cc1oc(-c2ccccc2)cc1C(=O)N[C@H](C)c1ccccc1. The Hall–Kier alpha value is -2.81. The minimum Gasteiger partial charge on any atom is -0.461 e. The molecule has 2 aromatic carbocycles. The van der Waals surface area contributed by atoms with Crippen LogP contribution in [0.25, 0.3) is 11.3 Å². The molecule has 1 atom stereocenters. The van der Waals surface area contributed by atoms with Crippen molar-refractivity contribution in [3.05, 3.63) is 83.6 Å². The summed E-state index contributed by atoms with van der Waals surface area (Å²) in [5, 5.41) is 3.02. The minimum absolute atomic E-state index is 0.0572. The van der Waals surface area contributed by atoms with Crippen LogP contribution in [0.3, 0.4) is 0 Å². The van der Waals surface area contributed by atoms with E-state index in [2.05, 4.69) is 5.32 Å². The van der Waals surface area contributed by atoms with E-state index in [0.717, 1.165) is 11.1 Å². The lowest BCUT2D eigenvalue weighted by atomic mass is 10.1. The van der Waals surface area contributed by atoms with Gasteiger partial charge >= 0.3 is 0 Å². The lowest BCUT2D eigenvalue weighted by Gasteiger charge is -2.13. The molecule has 0 radical (unpaired) electrons. The van der Waals surface area contributed by atoms with Crippen LogP contribution in [0.15, 0.2) is 71.1 Å². The minimum atomic E-state index is -0.121. The van der Waals surface area contributed by atoms with Gasteiger partial charge in [0.25, 0.3) is 5.91 Å². The van der Waals surface area contributed by atoms with Gasteiger partial charge in [0, 0.05) is 5.56 Å². The van der Waals surface area contributed by atoms with Crippen LogP contribution >= 0.6 is 0 Å². The van der Waals surface area contributed by atoms with Gasteiger partial charge in [-0.3, -0.25) is 4.79 Å². The van der Waals surface area contributed by atoms with Gasteiger partial charge in [-0.1, -0.05) is 60.7 Å². The van der Waals surface area contributed by atoms with Crippen LogP contribution in [0.5, 0.6) is 0 Å². The van der Waals surface area contributed by atoms with Crippen molar-refractivity contribution in [3.63, 3.8) is 0 Å². The topological polar surface area (TPSA) is 42.2 Å². The summed E-state index contributed by atoms with van der Waals surface area (Å²) >= 11 is 0. The molecule has 1 N–H and O–H groups in total. The molecule has 3 heteroatoms. The molecular weight excluding hydrogens is 286 g/mol. The molecule has 3 rings (SSSR count). The maximum atomic E-state index is 12.5. The molecule has 1 heterocycles. The lowest BCUT2D eigenvalue weighted by molar-refractivity contribution is 0.0938. The number of benzene rings is 2. The zero-order chi connectivity index (χ0) is 16.2. The van der Waals surface area contributed by atoms with Crippen LogP contribution in [0.4, 0.5) is 0 Å². The van der Waals surface area contributed by atoms with Crippen molar-refractivity contribution < 1.29 is 9.21 Å². The smallest absolute Gasteiger partial charge is 0.255 e. The van der Waals surface area contributed by atoms with E-state index in [1.807, 2.05) is 74.5 Å². The Morgan fingerprint density at radius 2 is 1.61 bits per heavy atom. The summed E-state index contributed by atoms with van der Waals surface area (Å²) in [7, 11) is 0. The third kappa shape index (κ3) is 3.34. The standard InChI is InChI=1S/C20H19NO2/c1-14(16-9-5-3-6-10-16)21-20(22)18-13-19(23-15(18)2)17-11-7-4-8-12-17/h3-14H,1-2H3,(H,21,22)/t14-/m1/s1. The van der Waals surface area contributed by atoms with Crippen LogP contribution in [0.2, 0.25) is 0 Å². The Morgan fingerprint density at radius 3 is 2.26 bits per heavy atom. The van der Waals surface area contributed by atoms with Crippen molar-refractivity contribution in [2.24, 2.45) is 0 Å². The highest BCUT2D eigenvalue weighted by Crippen LogP contribution is 2.25. The molecule has 0 saturated carbocycles. The Labute approximate surface area is 136 Å². The van der Waals surface area contributed by atoms with Crippen molar-refractivity contribution in [2.45, 2.75) is 19.9 Å². The molecule has 0 bridgehead atoms. The third-order valence-corrected chi connectivity index (χ3v) is 3.87. The van der Waals surface area contributed by atoms with Crippen LogP contribution < -0.4 is 5.32 Å². The maximum Gasteiger partial charge on any atom is 0.255 e. The molecular formula is C20H19NO2. The average Bonchev–Trinajstić information content (AvgIpc) is 2.98. The van der Waals surface area contributed by atoms with E-state index < -0.39 is 0 Å². The molecule has 3 aromatic rings. The molecule has 0 saturated heterocycles. The summed E-state index contributed by atoms with van der Waals surface area (Å²) in [5.74, 6) is 1.21. The highest BCUT2D eigenvalue weighted by atomic mass is 16.3. The number of hydrogen-bond acceptors (Lipinski definition) is 2. The van der Waals surface area contributed by atoms with E-state index in [9.17, 15) is 4.79 Å². The van der Waals surface area contributed by atoms with Crippen LogP contribution in [0, 0.1) is 6.92 Å². The molecule has 116 valence electrons. The number of furan rings is 1. The summed E-state index contributed by atoms with van der Waals surface area (Å²) in [4.78, 5) is 12.5. The summed E-state index contributed by atoms with van der Waals surface area (Å²) < 4.78 is 5.75. The first-order valence-corrected chi connectivity index (χ1v) is 7.67. The van der Waals surface area contributed by atoms with Gasteiger partial charge in [-0.2, -0.15) is 0 Å². The number of amides is 1. The Morgan fingerprint density at radius 1 is 1.00 bits per heavy atom. The van der Waals surface area contributed by atoms with Gasteiger partial charge in [0.05, 0.1) is 11.6 Å². The number of hydrogen-bond donors (Lipinski definition) is 1. The van der Waals surface area contributed by atoms with Gasteiger partial charge < -0.3 is 9.73 Å². The Balaban J connectivity index is 1.79. The maximum absolute atomic E-state index is 12.5. The second-order valence-corrected chi connectivity index (χ2v) is 5.55. The number of carbonyl (C=O) groups excluding carboxylic acids is 1. The van der Waals surface area contributed by atoms with Gasteiger partial charge in [-0.25, -0.2) is 0 Å². The van der Waals surface area contributed by atoms with E-state index in [4.69, 9.17) is 4.42 Å². The monoisotopic (exact) mass is 305 g/mol. The van der Waals surface area contributed by atoms with Crippen LogP contribution in [-0.2, 0) is 0 Å². The molecule has 1 aromatic heterocycles. The van der Waals surface area contributed by atoms with Crippen LogP contribution in [0.1, 0.15) is 34.6 Å². The lowest BCUT2D eigenvalue weighted by Crippen LogP contribution is -2.26. The van der Waals surface area contributed by atoms with Crippen molar-refractivity contribution >= 4 is 5.91 Å². The van der Waals surface area contributed by atoms with Gasteiger partial charge in [-0.15, -0.1) is 0 Å². The molecule has 0 aliphatic heterocycles. The fourth-order valence-corrected chi connectivity index (χ4v) is 2.55. The average molecular weight is 305 g/mol. The summed E-state index contributed by atoms with van der Waals surface area (Å²) in [6.45, 7) is 3.79. The number of rotatable bonds is 4. The van der Waals surface area contributed by atoms with Gasteiger partial charge in [0.15, 0.2) is 0 Å². The number of aryl methyl sites for hydroxylation is 1. The molecule has 0 aliphatic rings. The zero-order valence-corrected chi connectivity index (χ0v) is 13.2. The predicted molar refractivity (Wildman–Crippen MR) is 91.2 cm³/mol. The molecule has 0 aliphatic carbocycles. The largest absolute Gasteiger partial charge is 0.461 e. The first-order chi connectivity index (χ1) is 11.1. The van der Waals surface area contributed by atoms with Crippen molar-refractivity contribution in [1.29, 1.82) is 0 Å². The molecule has 0 spiro atoms. The normalized spacial score (nSPS) is 11.9. The van der Waals surface area contributed by atoms with E-state index in [0.29, 0.717) is 17.1 Å². The highest BCUT2D eigenvalue weighted by molar-refractivity contribution is 5.96. The molecule has 3 nitrogen and oxygen atoms in total. The Kier molecular flexibility index (Phi) is 4.29. The fourth-order valence-electron chi connectivity index (χ4n) is 2.55. The van der Waals surface area contributed by atoms with E-state index in [1.165, 1.54) is 0 Å². The second kappa shape index (κ2) is 6.53. The predicted octanol–water partition coefficient (Wildman–Crippen LogP) is 4.75. The van der Waals surface area contributed by atoms with Crippen molar-refractivity contribution in [3.8, 4) is 11.3 Å². The number of nitrogens with one attached hydrogen (secondary N) is 1. The second-order valence-electron chi connectivity index (χ2n) is 5.55. The third-order valence-electron chi connectivity index (χ3n) is 3.87. The molecule has 0 fully saturated rings. The number of carbonyl (C=O) groups is 1. The molecule has 1 amide bonds.